The van der Waals surface area contributed by atoms with Gasteiger partial charge in [0.1, 0.15) is 12.2 Å². The monoisotopic (exact) mass is 487 g/mol. The second kappa shape index (κ2) is 13.9. The first-order chi connectivity index (χ1) is 16.6. The van der Waals surface area contributed by atoms with E-state index in [4.69, 9.17) is 9.47 Å². The Morgan fingerprint density at radius 1 is 1.23 bits per heavy atom. The predicted octanol–water partition coefficient (Wildman–Crippen LogP) is 2.97. The number of hydrogen-bond acceptors (Lipinski definition) is 7. The fourth-order valence-corrected chi connectivity index (χ4v) is 4.29. The molecule has 192 valence electrons. The molecule has 0 aliphatic carbocycles. The number of aliphatic hydroxyl groups excluding tert-OH is 1. The molecule has 0 radical (unpaired) electrons. The molecular formula is C27H37NO7. The van der Waals surface area contributed by atoms with Gasteiger partial charge in [-0.25, -0.2) is 4.79 Å². The topological polar surface area (TPSA) is 119 Å². The van der Waals surface area contributed by atoms with E-state index < -0.39 is 30.2 Å². The molecule has 2 N–H and O–H groups in total. The van der Waals surface area contributed by atoms with Crippen molar-refractivity contribution < 1.29 is 33.8 Å². The number of piperidine rings is 1. The molecule has 2 heterocycles. The van der Waals surface area contributed by atoms with Gasteiger partial charge in [0.2, 0.25) is 11.8 Å². The van der Waals surface area contributed by atoms with Crippen LogP contribution in [0.3, 0.4) is 0 Å². The zero-order valence-corrected chi connectivity index (χ0v) is 20.9. The highest BCUT2D eigenvalue weighted by atomic mass is 16.5. The number of nitrogens with one attached hydrogen (secondary N) is 1. The molecule has 8 nitrogen and oxygen atoms in total. The maximum atomic E-state index is 12.9. The van der Waals surface area contributed by atoms with E-state index in [1.165, 1.54) is 19.3 Å². The van der Waals surface area contributed by atoms with Gasteiger partial charge in [-0.3, -0.25) is 19.7 Å². The molecule has 35 heavy (non-hydrogen) atoms. The molecule has 1 unspecified atom stereocenters. The van der Waals surface area contributed by atoms with Crippen LogP contribution in [0.25, 0.3) is 0 Å². The van der Waals surface area contributed by atoms with Crippen molar-refractivity contribution in [1.29, 1.82) is 0 Å². The fourth-order valence-electron chi connectivity index (χ4n) is 4.29. The van der Waals surface area contributed by atoms with E-state index in [-0.39, 0.29) is 42.3 Å². The second-order valence-corrected chi connectivity index (χ2v) is 9.30. The molecule has 5 atom stereocenters. The standard InChI is InChI=1S/C27H37NO7/c1-17-14-18(2)27(35-25(32)13-8-6-5-7-12-22(34-4)26(17)33)19(3)21(29)11-9-10-20-15-23(30)28-24(31)16-20/h7-9,11-14,17,19-20,22,26-27,33H,5-6,10,15-16H2,1-4H3,(H,28,30,31)/b11-9+,12-7+,13-8+,18-14-/t17-,19-,22-,26+,27?/m0/s1. The molecule has 0 spiro atoms. The van der Waals surface area contributed by atoms with Gasteiger partial charge >= 0.3 is 5.97 Å². The molecule has 0 saturated carbocycles. The van der Waals surface area contributed by atoms with Crippen molar-refractivity contribution in [2.24, 2.45) is 17.8 Å². The summed E-state index contributed by atoms with van der Waals surface area (Å²) in [6.07, 6.45) is 11.8. The van der Waals surface area contributed by atoms with Crippen molar-refractivity contribution >= 4 is 23.6 Å². The summed E-state index contributed by atoms with van der Waals surface area (Å²) in [5.74, 6) is -2.52. The number of carbonyl (C=O) groups is 4. The number of allylic oxidation sites excluding steroid dienone is 4. The first-order valence-electron chi connectivity index (χ1n) is 12.1. The van der Waals surface area contributed by atoms with Gasteiger partial charge < -0.3 is 14.6 Å². The molecule has 2 aliphatic heterocycles. The number of aliphatic hydroxyl groups is 1. The van der Waals surface area contributed by atoms with E-state index in [2.05, 4.69) is 5.32 Å². The molecule has 0 bridgehead atoms. The third kappa shape index (κ3) is 9.03. The number of hydrogen-bond donors (Lipinski definition) is 2. The second-order valence-electron chi connectivity index (χ2n) is 9.30. The van der Waals surface area contributed by atoms with E-state index in [0.29, 0.717) is 24.8 Å². The van der Waals surface area contributed by atoms with Crippen molar-refractivity contribution in [3.8, 4) is 0 Å². The van der Waals surface area contributed by atoms with Crippen molar-refractivity contribution in [1.82, 2.24) is 5.32 Å². The third-order valence-corrected chi connectivity index (χ3v) is 6.33. The Hall–Kier alpha value is -2.84. The first-order valence-corrected chi connectivity index (χ1v) is 12.1. The minimum absolute atomic E-state index is 0.139. The lowest BCUT2D eigenvalue weighted by atomic mass is 9.89. The Labute approximate surface area is 207 Å². The molecule has 0 aromatic carbocycles. The number of rotatable bonds is 6. The Morgan fingerprint density at radius 2 is 1.89 bits per heavy atom. The number of ketones is 1. The highest BCUT2D eigenvalue weighted by Gasteiger charge is 2.30. The number of carbonyl (C=O) groups excluding carboxylic acids is 4. The molecule has 0 aromatic rings. The van der Waals surface area contributed by atoms with Gasteiger partial charge in [0.05, 0.1) is 12.0 Å². The van der Waals surface area contributed by atoms with E-state index in [9.17, 15) is 24.3 Å². The van der Waals surface area contributed by atoms with E-state index >= 15 is 0 Å². The van der Waals surface area contributed by atoms with Crippen molar-refractivity contribution in [3.05, 3.63) is 48.1 Å². The van der Waals surface area contributed by atoms with Crippen molar-refractivity contribution in [2.75, 3.05) is 7.11 Å². The molecule has 1 fully saturated rings. The lowest BCUT2D eigenvalue weighted by molar-refractivity contribution is -0.145. The number of ether oxygens (including phenoxy) is 2. The Morgan fingerprint density at radius 3 is 2.54 bits per heavy atom. The summed E-state index contributed by atoms with van der Waals surface area (Å²) in [5, 5.41) is 13.0. The first kappa shape index (κ1) is 28.4. The number of esters is 1. The lowest BCUT2D eigenvalue weighted by Gasteiger charge is -2.27. The smallest absolute Gasteiger partial charge is 0.331 e. The average Bonchev–Trinajstić information content (AvgIpc) is 2.79. The fraction of sp³-hybridized carbons (Fsp3) is 0.556. The van der Waals surface area contributed by atoms with Gasteiger partial charge in [-0.15, -0.1) is 0 Å². The molecule has 2 aliphatic rings. The molecule has 2 rings (SSSR count). The normalized spacial score (nSPS) is 31.6. The van der Waals surface area contributed by atoms with Crippen LogP contribution in [0, 0.1) is 17.8 Å². The quantitative estimate of drug-likeness (QED) is 0.256. The molecule has 1 saturated heterocycles. The predicted molar refractivity (Wildman–Crippen MR) is 131 cm³/mol. The van der Waals surface area contributed by atoms with Crippen LogP contribution in [0.5, 0.6) is 0 Å². The Kier molecular flexibility index (Phi) is 11.3. The summed E-state index contributed by atoms with van der Waals surface area (Å²) in [6, 6.07) is 0. The number of methoxy groups -OCH3 is 1. The lowest BCUT2D eigenvalue weighted by Crippen LogP contribution is -2.38. The molecule has 0 aromatic heterocycles. The van der Waals surface area contributed by atoms with Gasteiger partial charge in [-0.05, 0) is 43.8 Å². The van der Waals surface area contributed by atoms with Gasteiger partial charge in [-0.1, -0.05) is 44.2 Å². The molecule has 8 heteroatoms. The minimum Gasteiger partial charge on any atom is -0.454 e. The zero-order chi connectivity index (χ0) is 26.0. The van der Waals surface area contributed by atoms with E-state index in [1.54, 1.807) is 32.1 Å². The number of imide groups is 1. The highest BCUT2D eigenvalue weighted by molar-refractivity contribution is 5.97. The summed E-state index contributed by atoms with van der Waals surface area (Å²) in [4.78, 5) is 48.5. The van der Waals surface area contributed by atoms with Gasteiger partial charge in [-0.2, -0.15) is 0 Å². The van der Waals surface area contributed by atoms with Crippen molar-refractivity contribution in [2.45, 2.75) is 71.2 Å². The summed E-state index contributed by atoms with van der Waals surface area (Å²) in [5.41, 5.74) is 0.651. The maximum Gasteiger partial charge on any atom is 0.331 e. The van der Waals surface area contributed by atoms with Gasteiger partial charge in [0.25, 0.3) is 0 Å². The summed E-state index contributed by atoms with van der Waals surface area (Å²) >= 11 is 0. The van der Waals surface area contributed by atoms with Crippen LogP contribution in [-0.2, 0) is 28.7 Å². The maximum absolute atomic E-state index is 12.9. The number of cyclic esters (lactones) is 1. The van der Waals surface area contributed by atoms with E-state index in [0.717, 1.165) is 0 Å². The highest BCUT2D eigenvalue weighted by Crippen LogP contribution is 2.24. The summed E-state index contributed by atoms with van der Waals surface area (Å²) in [7, 11) is 1.54. The largest absolute Gasteiger partial charge is 0.454 e. The number of amides is 2. The Bertz CT molecular complexity index is 885. The van der Waals surface area contributed by atoms with Crippen LogP contribution in [0.4, 0.5) is 0 Å². The third-order valence-electron chi connectivity index (χ3n) is 6.33. The van der Waals surface area contributed by atoms with Crippen LogP contribution >= 0.6 is 0 Å². The van der Waals surface area contributed by atoms with E-state index in [1.807, 2.05) is 19.1 Å². The molecular weight excluding hydrogens is 450 g/mol. The summed E-state index contributed by atoms with van der Waals surface area (Å²) < 4.78 is 11.1. The minimum atomic E-state index is -0.819. The van der Waals surface area contributed by atoms with Gasteiger partial charge in [0.15, 0.2) is 5.78 Å². The van der Waals surface area contributed by atoms with Crippen LogP contribution < -0.4 is 5.32 Å². The van der Waals surface area contributed by atoms with Crippen LogP contribution in [-0.4, -0.2) is 54.1 Å². The SMILES string of the molecule is CO[C@H]1/C=C/CC/C=C/C(=O)OC([C@@H](C)C(=O)/C=C/CC2CC(=O)NC(=O)C2)/C(C)=C\[C@H](C)[C@H]1O. The van der Waals surface area contributed by atoms with Crippen molar-refractivity contribution in [3.63, 3.8) is 0 Å². The Balaban J connectivity index is 2.19. The van der Waals surface area contributed by atoms with Crippen LogP contribution in [0.1, 0.15) is 52.9 Å². The zero-order valence-electron chi connectivity index (χ0n) is 20.9. The summed E-state index contributed by atoms with van der Waals surface area (Å²) in [6.45, 7) is 5.30. The molecule has 2 amide bonds. The van der Waals surface area contributed by atoms with Crippen LogP contribution in [0.15, 0.2) is 48.1 Å². The van der Waals surface area contributed by atoms with Gasteiger partial charge in [0, 0.05) is 31.9 Å². The average molecular weight is 488 g/mol. The van der Waals surface area contributed by atoms with Crippen LogP contribution in [0.2, 0.25) is 0 Å².